The van der Waals surface area contributed by atoms with Gasteiger partial charge < -0.3 is 19.3 Å². The predicted octanol–water partition coefficient (Wildman–Crippen LogP) is 4.82. The average Bonchev–Trinajstić information content (AvgIpc) is 3.18. The second-order valence-electron chi connectivity index (χ2n) is 8.36. The number of methoxy groups -OCH3 is 2. The second kappa shape index (κ2) is 10.6. The van der Waals surface area contributed by atoms with Gasteiger partial charge in [0.2, 0.25) is 0 Å². The molecule has 1 fully saturated rings. The smallest absolute Gasteiger partial charge is 0.338 e. The molecule has 0 spiro atoms. The minimum Gasteiger partial charge on any atom is -0.507 e. The molecule has 1 saturated heterocycles. The van der Waals surface area contributed by atoms with Gasteiger partial charge in [-0.05, 0) is 67.4 Å². The highest BCUT2D eigenvalue weighted by Gasteiger charge is 2.47. The van der Waals surface area contributed by atoms with Gasteiger partial charge in [-0.3, -0.25) is 14.5 Å². The van der Waals surface area contributed by atoms with Gasteiger partial charge in [0.15, 0.2) is 11.5 Å². The van der Waals surface area contributed by atoms with Crippen LogP contribution in [0.2, 0.25) is 0 Å². The van der Waals surface area contributed by atoms with Crippen molar-refractivity contribution >= 4 is 29.1 Å². The fourth-order valence-electron chi connectivity index (χ4n) is 4.40. The molecule has 1 heterocycles. The summed E-state index contributed by atoms with van der Waals surface area (Å²) < 4.78 is 15.7. The van der Waals surface area contributed by atoms with Gasteiger partial charge in [0.25, 0.3) is 11.7 Å². The molecule has 3 aromatic rings. The lowest BCUT2D eigenvalue weighted by molar-refractivity contribution is -0.132. The number of carbonyl (C=O) groups excluding carboxylic acids is 3. The van der Waals surface area contributed by atoms with E-state index in [9.17, 15) is 19.5 Å². The molecule has 0 aromatic heterocycles. The molecule has 1 aliphatic heterocycles. The van der Waals surface area contributed by atoms with Crippen LogP contribution in [0.25, 0.3) is 5.76 Å². The molecule has 8 nitrogen and oxygen atoms in total. The number of amides is 1. The third kappa shape index (κ3) is 4.65. The number of hydrogen-bond acceptors (Lipinski definition) is 7. The van der Waals surface area contributed by atoms with Crippen molar-refractivity contribution in [3.8, 4) is 11.5 Å². The molecule has 0 saturated carbocycles. The van der Waals surface area contributed by atoms with E-state index in [1.807, 2.05) is 31.2 Å². The molecular formula is C29H27NO7. The number of ether oxygens (including phenoxy) is 3. The maximum absolute atomic E-state index is 13.4. The Morgan fingerprint density at radius 2 is 1.57 bits per heavy atom. The molecule has 0 aliphatic carbocycles. The summed E-state index contributed by atoms with van der Waals surface area (Å²) in [5.41, 5.74) is 2.47. The van der Waals surface area contributed by atoms with E-state index >= 15 is 0 Å². The quantitative estimate of drug-likeness (QED) is 0.214. The summed E-state index contributed by atoms with van der Waals surface area (Å²) in [6, 6.07) is 17.4. The van der Waals surface area contributed by atoms with E-state index in [2.05, 4.69) is 0 Å². The van der Waals surface area contributed by atoms with Gasteiger partial charge in [-0.15, -0.1) is 0 Å². The van der Waals surface area contributed by atoms with Crippen LogP contribution in [0, 0.1) is 6.92 Å². The maximum Gasteiger partial charge on any atom is 0.338 e. The van der Waals surface area contributed by atoms with Gasteiger partial charge >= 0.3 is 5.97 Å². The lowest BCUT2D eigenvalue weighted by Crippen LogP contribution is -2.29. The van der Waals surface area contributed by atoms with Crippen molar-refractivity contribution < 1.29 is 33.7 Å². The van der Waals surface area contributed by atoms with Crippen molar-refractivity contribution in [1.82, 2.24) is 0 Å². The van der Waals surface area contributed by atoms with E-state index in [1.165, 1.54) is 31.3 Å². The van der Waals surface area contributed by atoms with Crippen LogP contribution >= 0.6 is 0 Å². The largest absolute Gasteiger partial charge is 0.507 e. The van der Waals surface area contributed by atoms with E-state index in [0.29, 0.717) is 33.9 Å². The standard InChI is InChI=1S/C29H27NO7/c1-5-37-29(34)18-10-13-20(14-11-18)30-25(21-9-7-6-8-17(21)2)24(27(32)28(30)33)26(31)19-12-15-22(35-3)23(16-19)36-4/h6-16,25,31H,5H2,1-4H3/b26-24+. The van der Waals surface area contributed by atoms with Gasteiger partial charge in [0.05, 0.1) is 38.0 Å². The van der Waals surface area contributed by atoms with Crippen LogP contribution in [-0.4, -0.2) is 43.6 Å². The summed E-state index contributed by atoms with van der Waals surface area (Å²) >= 11 is 0. The van der Waals surface area contributed by atoms with Crippen LogP contribution in [0.5, 0.6) is 11.5 Å². The van der Waals surface area contributed by atoms with Crippen LogP contribution in [0.4, 0.5) is 5.69 Å². The van der Waals surface area contributed by atoms with Crippen molar-refractivity contribution in [1.29, 1.82) is 0 Å². The van der Waals surface area contributed by atoms with Crippen LogP contribution in [0.3, 0.4) is 0 Å². The number of Topliss-reactive ketones (excluding diaryl/α,β-unsaturated/α-hetero) is 1. The van der Waals surface area contributed by atoms with E-state index in [4.69, 9.17) is 14.2 Å². The number of ketones is 1. The van der Waals surface area contributed by atoms with Crippen LogP contribution < -0.4 is 14.4 Å². The third-order valence-corrected chi connectivity index (χ3v) is 6.24. The Kier molecular flexibility index (Phi) is 7.29. The Morgan fingerprint density at radius 1 is 0.919 bits per heavy atom. The number of carbonyl (C=O) groups is 3. The van der Waals surface area contributed by atoms with Gasteiger partial charge in [0.1, 0.15) is 5.76 Å². The molecule has 1 unspecified atom stereocenters. The summed E-state index contributed by atoms with van der Waals surface area (Å²) in [7, 11) is 2.96. The van der Waals surface area contributed by atoms with Crippen LogP contribution in [0.15, 0.2) is 72.3 Å². The molecule has 3 aromatic carbocycles. The highest BCUT2D eigenvalue weighted by atomic mass is 16.5. The fraction of sp³-hybridized carbons (Fsp3) is 0.207. The van der Waals surface area contributed by atoms with E-state index in [0.717, 1.165) is 5.56 Å². The molecule has 0 bridgehead atoms. The number of esters is 1. The lowest BCUT2D eigenvalue weighted by Gasteiger charge is -2.26. The topological polar surface area (TPSA) is 102 Å². The summed E-state index contributed by atoms with van der Waals surface area (Å²) in [5.74, 6) is -1.62. The molecule has 1 aliphatic rings. The first-order valence-corrected chi connectivity index (χ1v) is 11.7. The zero-order chi connectivity index (χ0) is 26.7. The SMILES string of the molecule is CCOC(=O)c1ccc(N2C(=O)C(=O)/C(=C(/O)c3ccc(OC)c(OC)c3)C2c2ccccc2C)cc1. The number of rotatable bonds is 7. The summed E-state index contributed by atoms with van der Waals surface area (Å²) in [6.45, 7) is 3.82. The molecule has 0 radical (unpaired) electrons. The fourth-order valence-corrected chi connectivity index (χ4v) is 4.40. The Bertz CT molecular complexity index is 1390. The maximum atomic E-state index is 13.4. The number of benzene rings is 3. The first kappa shape index (κ1) is 25.5. The van der Waals surface area contributed by atoms with E-state index in [-0.39, 0.29) is 17.9 Å². The van der Waals surface area contributed by atoms with E-state index in [1.54, 1.807) is 37.3 Å². The lowest BCUT2D eigenvalue weighted by atomic mass is 9.92. The van der Waals surface area contributed by atoms with E-state index < -0.39 is 23.7 Å². The van der Waals surface area contributed by atoms with Gasteiger partial charge in [-0.25, -0.2) is 4.79 Å². The Labute approximate surface area is 214 Å². The minimum absolute atomic E-state index is 0.0546. The van der Waals surface area contributed by atoms with Crippen molar-refractivity contribution in [3.63, 3.8) is 0 Å². The average molecular weight is 502 g/mol. The number of aliphatic hydroxyl groups excluding tert-OH is 1. The van der Waals surface area contributed by atoms with Crippen LogP contribution in [0.1, 0.15) is 40.0 Å². The number of anilines is 1. The summed E-state index contributed by atoms with van der Waals surface area (Å²) in [6.07, 6.45) is 0. The predicted molar refractivity (Wildman–Crippen MR) is 138 cm³/mol. The third-order valence-electron chi connectivity index (χ3n) is 6.24. The molecule has 8 heteroatoms. The first-order valence-electron chi connectivity index (χ1n) is 11.7. The highest BCUT2D eigenvalue weighted by molar-refractivity contribution is 6.51. The molecule has 37 heavy (non-hydrogen) atoms. The number of aryl methyl sites for hydroxylation is 1. The highest BCUT2D eigenvalue weighted by Crippen LogP contribution is 2.43. The van der Waals surface area contributed by atoms with Crippen molar-refractivity contribution in [2.45, 2.75) is 19.9 Å². The zero-order valence-corrected chi connectivity index (χ0v) is 21.0. The molecule has 4 rings (SSSR count). The monoisotopic (exact) mass is 501 g/mol. The minimum atomic E-state index is -0.900. The number of nitrogens with zero attached hydrogens (tertiary/aromatic N) is 1. The number of hydrogen-bond donors (Lipinski definition) is 1. The van der Waals surface area contributed by atoms with Crippen molar-refractivity contribution in [2.24, 2.45) is 0 Å². The Morgan fingerprint density at radius 3 is 2.19 bits per heavy atom. The molecule has 190 valence electrons. The molecule has 1 amide bonds. The van der Waals surface area contributed by atoms with Crippen LogP contribution in [-0.2, 0) is 14.3 Å². The zero-order valence-electron chi connectivity index (χ0n) is 21.0. The molecule has 1 N–H and O–H groups in total. The van der Waals surface area contributed by atoms with Crippen molar-refractivity contribution in [2.75, 3.05) is 25.7 Å². The molecular weight excluding hydrogens is 474 g/mol. The number of aliphatic hydroxyl groups is 1. The summed E-state index contributed by atoms with van der Waals surface area (Å²) in [5, 5.41) is 11.4. The normalized spacial score (nSPS) is 16.5. The van der Waals surface area contributed by atoms with Gasteiger partial charge in [-0.1, -0.05) is 24.3 Å². The first-order chi connectivity index (χ1) is 17.8. The summed E-state index contributed by atoms with van der Waals surface area (Å²) in [4.78, 5) is 40.2. The Hall–Kier alpha value is -4.59. The van der Waals surface area contributed by atoms with Crippen molar-refractivity contribution in [3.05, 3.63) is 94.6 Å². The van der Waals surface area contributed by atoms with Gasteiger partial charge in [0, 0.05) is 11.3 Å². The molecule has 1 atom stereocenters. The second-order valence-corrected chi connectivity index (χ2v) is 8.36. The Balaban J connectivity index is 1.89. The van der Waals surface area contributed by atoms with Gasteiger partial charge in [-0.2, -0.15) is 0 Å².